The summed E-state index contributed by atoms with van der Waals surface area (Å²) in [6, 6.07) is -0.362. The van der Waals surface area contributed by atoms with Crippen molar-refractivity contribution in [3.05, 3.63) is 0 Å². The van der Waals surface area contributed by atoms with E-state index in [4.69, 9.17) is 5.11 Å². The predicted molar refractivity (Wildman–Crippen MR) is 46.2 cm³/mol. The van der Waals surface area contributed by atoms with Gasteiger partial charge in [-0.15, -0.1) is 0 Å². The Morgan fingerprint density at radius 2 is 2.08 bits per heavy atom. The van der Waals surface area contributed by atoms with Crippen molar-refractivity contribution in [2.24, 2.45) is 0 Å². The van der Waals surface area contributed by atoms with E-state index in [9.17, 15) is 9.59 Å². The Bertz CT molecular complexity index is 193. The number of aliphatic hydroxyl groups excluding tert-OH is 1. The summed E-state index contributed by atoms with van der Waals surface area (Å²) in [5.41, 5.74) is 0. The van der Waals surface area contributed by atoms with Crippen LogP contribution in [0.25, 0.3) is 0 Å². The van der Waals surface area contributed by atoms with Gasteiger partial charge in [-0.25, -0.2) is 4.79 Å². The second-order valence-electron chi connectivity index (χ2n) is 2.72. The van der Waals surface area contributed by atoms with E-state index in [1.54, 1.807) is 14.0 Å². The Labute approximate surface area is 77.1 Å². The molecule has 5 heteroatoms. The summed E-state index contributed by atoms with van der Waals surface area (Å²) >= 11 is 0. The summed E-state index contributed by atoms with van der Waals surface area (Å²) < 4.78 is 4.26. The number of carbonyl (C=O) groups is 2. The summed E-state index contributed by atoms with van der Waals surface area (Å²) in [6.07, 6.45) is -1.57. The number of Topliss-reactive ketones (excluding diaryl/α,β-unsaturated/α-hetero) is 1. The van der Waals surface area contributed by atoms with E-state index in [-0.39, 0.29) is 18.2 Å². The molecule has 0 saturated carbocycles. The van der Waals surface area contributed by atoms with Crippen molar-refractivity contribution >= 4 is 11.8 Å². The van der Waals surface area contributed by atoms with Crippen molar-refractivity contribution in [1.29, 1.82) is 0 Å². The first-order chi connectivity index (χ1) is 6.02. The molecule has 0 amide bonds. The summed E-state index contributed by atoms with van der Waals surface area (Å²) in [5.74, 6) is -1.00. The fourth-order valence-corrected chi connectivity index (χ4v) is 0.748. The molecule has 0 aliphatic rings. The molecule has 2 atom stereocenters. The minimum atomic E-state index is -1.35. The van der Waals surface area contributed by atoms with E-state index in [1.807, 2.05) is 0 Å². The van der Waals surface area contributed by atoms with Gasteiger partial charge in [0.25, 0.3) is 0 Å². The lowest BCUT2D eigenvalue weighted by Gasteiger charge is -2.11. The molecular formula is C8H15NO4. The Kier molecular flexibility index (Phi) is 5.25. The number of rotatable bonds is 5. The summed E-state index contributed by atoms with van der Waals surface area (Å²) in [6.45, 7) is 1.66. The van der Waals surface area contributed by atoms with Gasteiger partial charge in [-0.1, -0.05) is 0 Å². The van der Waals surface area contributed by atoms with Crippen LogP contribution in [-0.4, -0.2) is 43.2 Å². The maximum Gasteiger partial charge on any atom is 0.335 e. The third kappa shape index (κ3) is 4.00. The van der Waals surface area contributed by atoms with Crippen LogP contribution in [-0.2, 0) is 14.3 Å². The maximum absolute atomic E-state index is 11.2. The SMILES string of the molecule is CN[C@@H](C)C(=O)CC(O)C(=O)OC. The van der Waals surface area contributed by atoms with Crippen LogP contribution in [0.5, 0.6) is 0 Å². The van der Waals surface area contributed by atoms with Gasteiger partial charge in [0.05, 0.1) is 13.2 Å². The molecule has 0 rings (SSSR count). The number of hydrogen-bond donors (Lipinski definition) is 2. The average Bonchev–Trinajstić information content (AvgIpc) is 2.14. The van der Waals surface area contributed by atoms with Crippen LogP contribution in [0.15, 0.2) is 0 Å². The molecule has 0 fully saturated rings. The van der Waals surface area contributed by atoms with E-state index in [0.29, 0.717) is 0 Å². The monoisotopic (exact) mass is 189 g/mol. The van der Waals surface area contributed by atoms with Crippen molar-refractivity contribution in [3.8, 4) is 0 Å². The van der Waals surface area contributed by atoms with Gasteiger partial charge in [0.15, 0.2) is 11.9 Å². The van der Waals surface area contributed by atoms with Crippen molar-refractivity contribution in [2.75, 3.05) is 14.2 Å². The topological polar surface area (TPSA) is 75.6 Å². The van der Waals surface area contributed by atoms with Crippen molar-refractivity contribution in [1.82, 2.24) is 5.32 Å². The van der Waals surface area contributed by atoms with Gasteiger partial charge in [-0.05, 0) is 14.0 Å². The van der Waals surface area contributed by atoms with Gasteiger partial charge in [0, 0.05) is 6.42 Å². The van der Waals surface area contributed by atoms with E-state index >= 15 is 0 Å². The zero-order chi connectivity index (χ0) is 10.4. The van der Waals surface area contributed by atoms with E-state index in [1.165, 1.54) is 0 Å². The average molecular weight is 189 g/mol. The second-order valence-corrected chi connectivity index (χ2v) is 2.72. The summed E-state index contributed by atoms with van der Waals surface area (Å²) in [7, 11) is 2.80. The van der Waals surface area contributed by atoms with Crippen LogP contribution in [0.1, 0.15) is 13.3 Å². The van der Waals surface area contributed by atoms with Crippen LogP contribution >= 0.6 is 0 Å². The number of ether oxygens (including phenoxy) is 1. The molecule has 0 spiro atoms. The first kappa shape index (κ1) is 12.1. The molecule has 0 aromatic heterocycles. The van der Waals surface area contributed by atoms with Crippen molar-refractivity contribution in [2.45, 2.75) is 25.5 Å². The molecule has 1 unspecified atom stereocenters. The fraction of sp³-hybridized carbons (Fsp3) is 0.750. The number of ketones is 1. The lowest BCUT2D eigenvalue weighted by Crippen LogP contribution is -2.35. The third-order valence-corrected chi connectivity index (χ3v) is 1.78. The van der Waals surface area contributed by atoms with Crippen LogP contribution in [0.2, 0.25) is 0 Å². The van der Waals surface area contributed by atoms with Crippen LogP contribution in [0.4, 0.5) is 0 Å². The number of likely N-dealkylation sites (N-methyl/N-ethyl adjacent to an activating group) is 1. The number of esters is 1. The molecule has 0 saturated heterocycles. The number of nitrogens with one attached hydrogen (secondary N) is 1. The molecule has 0 aromatic carbocycles. The molecule has 0 aliphatic heterocycles. The molecule has 5 nitrogen and oxygen atoms in total. The van der Waals surface area contributed by atoms with Gasteiger partial charge >= 0.3 is 5.97 Å². The quantitative estimate of drug-likeness (QED) is 0.547. The van der Waals surface area contributed by atoms with Crippen LogP contribution < -0.4 is 5.32 Å². The zero-order valence-corrected chi connectivity index (χ0v) is 8.03. The molecule has 13 heavy (non-hydrogen) atoms. The van der Waals surface area contributed by atoms with E-state index < -0.39 is 12.1 Å². The Hall–Kier alpha value is -0.940. The Morgan fingerprint density at radius 1 is 1.54 bits per heavy atom. The van der Waals surface area contributed by atoms with Gasteiger partial charge < -0.3 is 15.2 Å². The molecule has 0 heterocycles. The molecule has 76 valence electrons. The van der Waals surface area contributed by atoms with Gasteiger partial charge in [-0.2, -0.15) is 0 Å². The molecule has 0 bridgehead atoms. The zero-order valence-electron chi connectivity index (χ0n) is 8.03. The first-order valence-electron chi connectivity index (χ1n) is 3.98. The van der Waals surface area contributed by atoms with Crippen LogP contribution in [0, 0.1) is 0 Å². The lowest BCUT2D eigenvalue weighted by atomic mass is 10.1. The molecule has 0 radical (unpaired) electrons. The standard InChI is InChI=1S/C8H15NO4/c1-5(9-2)6(10)4-7(11)8(12)13-3/h5,7,9,11H,4H2,1-3H3/t5-,7?/m0/s1. The smallest absolute Gasteiger partial charge is 0.335 e. The summed E-state index contributed by atoms with van der Waals surface area (Å²) in [4.78, 5) is 21.9. The summed E-state index contributed by atoms with van der Waals surface area (Å²) in [5, 5.41) is 11.8. The fourth-order valence-electron chi connectivity index (χ4n) is 0.748. The molecule has 0 aliphatic carbocycles. The third-order valence-electron chi connectivity index (χ3n) is 1.78. The normalized spacial score (nSPS) is 14.8. The van der Waals surface area contributed by atoms with Gasteiger partial charge in [-0.3, -0.25) is 4.79 Å². The highest BCUT2D eigenvalue weighted by Crippen LogP contribution is 1.98. The highest BCUT2D eigenvalue weighted by molar-refractivity contribution is 5.88. The Morgan fingerprint density at radius 3 is 2.46 bits per heavy atom. The van der Waals surface area contributed by atoms with Crippen molar-refractivity contribution < 1.29 is 19.4 Å². The lowest BCUT2D eigenvalue weighted by molar-refractivity contribution is -0.152. The minimum Gasteiger partial charge on any atom is -0.467 e. The minimum absolute atomic E-state index is 0.214. The first-order valence-corrected chi connectivity index (χ1v) is 3.98. The van der Waals surface area contributed by atoms with Gasteiger partial charge in [0.2, 0.25) is 0 Å². The van der Waals surface area contributed by atoms with Crippen LogP contribution in [0.3, 0.4) is 0 Å². The predicted octanol–water partition coefficient (Wildman–Crippen LogP) is -0.913. The maximum atomic E-state index is 11.2. The van der Waals surface area contributed by atoms with Crippen molar-refractivity contribution in [3.63, 3.8) is 0 Å². The largest absolute Gasteiger partial charge is 0.467 e. The van der Waals surface area contributed by atoms with Gasteiger partial charge in [0.1, 0.15) is 0 Å². The number of methoxy groups -OCH3 is 1. The number of aliphatic hydroxyl groups is 1. The highest BCUT2D eigenvalue weighted by atomic mass is 16.5. The molecule has 0 aromatic rings. The highest BCUT2D eigenvalue weighted by Gasteiger charge is 2.21. The molecule has 2 N–H and O–H groups in total. The second kappa shape index (κ2) is 5.66. The molecular weight excluding hydrogens is 174 g/mol. The van der Waals surface area contributed by atoms with E-state index in [0.717, 1.165) is 7.11 Å². The number of carbonyl (C=O) groups excluding carboxylic acids is 2. The Balaban J connectivity index is 3.98. The number of hydrogen-bond acceptors (Lipinski definition) is 5. The van der Waals surface area contributed by atoms with E-state index in [2.05, 4.69) is 10.1 Å².